The summed E-state index contributed by atoms with van der Waals surface area (Å²) in [6.45, 7) is 3.12. The molecule has 0 aromatic carbocycles. The summed E-state index contributed by atoms with van der Waals surface area (Å²) in [5.74, 6) is 0.385. The minimum Gasteiger partial charge on any atom is -0.338 e. The average molecular weight is 196 g/mol. The molecule has 14 heavy (non-hydrogen) atoms. The van der Waals surface area contributed by atoms with Gasteiger partial charge in [0, 0.05) is 25.6 Å². The van der Waals surface area contributed by atoms with Crippen LogP contribution in [-0.4, -0.2) is 36.5 Å². The molecular formula is C11H20N2O. The van der Waals surface area contributed by atoms with Gasteiger partial charge in [0.15, 0.2) is 0 Å². The molecular weight excluding hydrogens is 176 g/mol. The highest BCUT2D eigenvalue weighted by molar-refractivity contribution is 5.76. The van der Waals surface area contributed by atoms with Crippen LogP contribution in [0.15, 0.2) is 0 Å². The van der Waals surface area contributed by atoms with Crippen LogP contribution in [0.25, 0.3) is 0 Å². The summed E-state index contributed by atoms with van der Waals surface area (Å²) in [6.07, 6.45) is 6.70. The van der Waals surface area contributed by atoms with E-state index in [9.17, 15) is 4.79 Å². The van der Waals surface area contributed by atoms with Gasteiger partial charge in [0.1, 0.15) is 0 Å². The zero-order valence-corrected chi connectivity index (χ0v) is 8.80. The van der Waals surface area contributed by atoms with Gasteiger partial charge in [0.25, 0.3) is 0 Å². The van der Waals surface area contributed by atoms with E-state index in [-0.39, 0.29) is 0 Å². The Hall–Kier alpha value is -0.570. The van der Waals surface area contributed by atoms with Crippen LogP contribution in [-0.2, 0) is 4.79 Å². The van der Waals surface area contributed by atoms with Crippen molar-refractivity contribution in [2.45, 2.75) is 44.6 Å². The molecule has 2 aliphatic rings. The molecule has 2 aliphatic heterocycles. The first-order valence-corrected chi connectivity index (χ1v) is 5.88. The van der Waals surface area contributed by atoms with Crippen LogP contribution in [0.1, 0.15) is 38.5 Å². The number of rotatable bonds is 1. The minimum absolute atomic E-state index is 0.385. The zero-order valence-electron chi connectivity index (χ0n) is 8.80. The standard InChI is InChI=1S/C11H20N2O/c14-11-6-2-1-3-8-13(11)10-5-4-7-12-9-10/h10,12H,1-9H2. The highest BCUT2D eigenvalue weighted by atomic mass is 16.2. The normalized spacial score (nSPS) is 30.1. The van der Waals surface area contributed by atoms with Crippen molar-refractivity contribution in [3.05, 3.63) is 0 Å². The molecule has 0 aliphatic carbocycles. The molecule has 3 nitrogen and oxygen atoms in total. The molecule has 1 amide bonds. The van der Waals surface area contributed by atoms with Gasteiger partial charge in [0.2, 0.25) is 5.91 Å². The van der Waals surface area contributed by atoms with Crippen LogP contribution in [0.3, 0.4) is 0 Å². The zero-order chi connectivity index (χ0) is 9.80. The average Bonchev–Trinajstić information content (AvgIpc) is 2.44. The van der Waals surface area contributed by atoms with E-state index in [2.05, 4.69) is 10.2 Å². The van der Waals surface area contributed by atoms with Gasteiger partial charge in [-0.1, -0.05) is 6.42 Å². The van der Waals surface area contributed by atoms with Crippen molar-refractivity contribution in [3.8, 4) is 0 Å². The molecule has 2 rings (SSSR count). The van der Waals surface area contributed by atoms with E-state index in [0.717, 1.165) is 32.5 Å². The van der Waals surface area contributed by atoms with Crippen LogP contribution >= 0.6 is 0 Å². The molecule has 1 N–H and O–H groups in total. The predicted molar refractivity (Wildman–Crippen MR) is 56.1 cm³/mol. The Morgan fingerprint density at radius 3 is 2.93 bits per heavy atom. The van der Waals surface area contributed by atoms with Gasteiger partial charge in [-0.3, -0.25) is 4.79 Å². The minimum atomic E-state index is 0.385. The van der Waals surface area contributed by atoms with E-state index < -0.39 is 0 Å². The predicted octanol–water partition coefficient (Wildman–Crippen LogP) is 1.14. The van der Waals surface area contributed by atoms with Crippen molar-refractivity contribution >= 4 is 5.91 Å². The Morgan fingerprint density at radius 2 is 2.14 bits per heavy atom. The monoisotopic (exact) mass is 196 g/mol. The van der Waals surface area contributed by atoms with E-state index in [1.807, 2.05) is 0 Å². The molecule has 0 spiro atoms. The number of nitrogens with zero attached hydrogens (tertiary/aromatic N) is 1. The molecule has 2 fully saturated rings. The summed E-state index contributed by atoms with van der Waals surface area (Å²) in [5.41, 5.74) is 0. The number of likely N-dealkylation sites (tertiary alicyclic amines) is 1. The molecule has 3 heteroatoms. The Balaban J connectivity index is 1.95. The third-order valence-corrected chi connectivity index (χ3v) is 3.32. The Kier molecular flexibility index (Phi) is 3.40. The molecule has 0 bridgehead atoms. The van der Waals surface area contributed by atoms with Gasteiger partial charge < -0.3 is 10.2 Å². The van der Waals surface area contributed by atoms with E-state index in [0.29, 0.717) is 11.9 Å². The second kappa shape index (κ2) is 4.78. The summed E-state index contributed by atoms with van der Waals surface area (Å²) < 4.78 is 0. The maximum atomic E-state index is 11.8. The van der Waals surface area contributed by atoms with Crippen LogP contribution < -0.4 is 5.32 Å². The molecule has 0 radical (unpaired) electrons. The largest absolute Gasteiger partial charge is 0.338 e. The van der Waals surface area contributed by atoms with Crippen molar-refractivity contribution in [1.82, 2.24) is 10.2 Å². The number of hydrogen-bond acceptors (Lipinski definition) is 2. The first-order chi connectivity index (χ1) is 6.88. The van der Waals surface area contributed by atoms with E-state index in [1.54, 1.807) is 0 Å². The summed E-state index contributed by atoms with van der Waals surface area (Å²) in [7, 11) is 0. The van der Waals surface area contributed by atoms with Crippen molar-refractivity contribution in [2.75, 3.05) is 19.6 Å². The van der Waals surface area contributed by atoms with Crippen LogP contribution in [0.2, 0.25) is 0 Å². The number of hydrogen-bond donors (Lipinski definition) is 1. The topological polar surface area (TPSA) is 32.3 Å². The number of piperidine rings is 1. The van der Waals surface area contributed by atoms with E-state index >= 15 is 0 Å². The fourth-order valence-electron chi connectivity index (χ4n) is 2.49. The van der Waals surface area contributed by atoms with Crippen LogP contribution in [0.4, 0.5) is 0 Å². The highest BCUT2D eigenvalue weighted by Crippen LogP contribution is 2.17. The van der Waals surface area contributed by atoms with Gasteiger partial charge in [-0.25, -0.2) is 0 Å². The third-order valence-electron chi connectivity index (χ3n) is 3.32. The first-order valence-electron chi connectivity index (χ1n) is 5.88. The molecule has 0 aromatic rings. The summed E-state index contributed by atoms with van der Waals surface area (Å²) in [6, 6.07) is 0.481. The van der Waals surface area contributed by atoms with E-state index in [1.165, 1.54) is 25.7 Å². The van der Waals surface area contributed by atoms with Gasteiger partial charge in [-0.15, -0.1) is 0 Å². The van der Waals surface area contributed by atoms with Crippen molar-refractivity contribution < 1.29 is 4.79 Å². The van der Waals surface area contributed by atoms with Gasteiger partial charge >= 0.3 is 0 Å². The highest BCUT2D eigenvalue weighted by Gasteiger charge is 2.25. The summed E-state index contributed by atoms with van der Waals surface area (Å²) in [5, 5.41) is 3.38. The van der Waals surface area contributed by atoms with Crippen molar-refractivity contribution in [2.24, 2.45) is 0 Å². The molecule has 2 heterocycles. The fraction of sp³-hybridized carbons (Fsp3) is 0.909. The lowest BCUT2D eigenvalue weighted by molar-refractivity contribution is -0.133. The molecule has 1 unspecified atom stereocenters. The second-order valence-electron chi connectivity index (χ2n) is 4.40. The Labute approximate surface area is 85.8 Å². The summed E-state index contributed by atoms with van der Waals surface area (Å²) in [4.78, 5) is 13.9. The third kappa shape index (κ3) is 2.27. The molecule has 80 valence electrons. The van der Waals surface area contributed by atoms with E-state index in [4.69, 9.17) is 0 Å². The quantitative estimate of drug-likeness (QED) is 0.682. The lowest BCUT2D eigenvalue weighted by atomic mass is 10.1. The van der Waals surface area contributed by atoms with Crippen LogP contribution in [0, 0.1) is 0 Å². The number of nitrogens with one attached hydrogen (secondary N) is 1. The number of amides is 1. The Bertz CT molecular complexity index is 199. The van der Waals surface area contributed by atoms with Gasteiger partial charge in [-0.05, 0) is 32.2 Å². The van der Waals surface area contributed by atoms with Crippen molar-refractivity contribution in [3.63, 3.8) is 0 Å². The fourth-order valence-corrected chi connectivity index (χ4v) is 2.49. The maximum Gasteiger partial charge on any atom is 0.222 e. The Morgan fingerprint density at radius 1 is 1.21 bits per heavy atom. The van der Waals surface area contributed by atoms with Gasteiger partial charge in [-0.2, -0.15) is 0 Å². The molecule has 0 aromatic heterocycles. The van der Waals surface area contributed by atoms with Gasteiger partial charge in [0.05, 0.1) is 0 Å². The molecule has 1 atom stereocenters. The van der Waals surface area contributed by atoms with Crippen LogP contribution in [0.5, 0.6) is 0 Å². The molecule has 0 saturated carbocycles. The second-order valence-corrected chi connectivity index (χ2v) is 4.40. The molecule has 2 saturated heterocycles. The SMILES string of the molecule is O=C1CCCCCN1C1CCCNC1. The lowest BCUT2D eigenvalue weighted by Gasteiger charge is -2.34. The number of carbonyl (C=O) groups excluding carboxylic acids is 1. The number of carbonyl (C=O) groups is 1. The first kappa shape index (κ1) is 9.97. The smallest absolute Gasteiger partial charge is 0.222 e. The maximum absolute atomic E-state index is 11.8. The summed E-state index contributed by atoms with van der Waals surface area (Å²) >= 11 is 0. The lowest BCUT2D eigenvalue weighted by Crippen LogP contribution is -2.48. The van der Waals surface area contributed by atoms with Crippen molar-refractivity contribution in [1.29, 1.82) is 0 Å².